The van der Waals surface area contributed by atoms with Crippen molar-refractivity contribution in [1.82, 2.24) is 21.5 Å². The number of benzene rings is 3. The Morgan fingerprint density at radius 1 is 0.946 bits per heavy atom. The lowest BCUT2D eigenvalue weighted by molar-refractivity contribution is -0.129. The monoisotopic (exact) mass is 504 g/mol. The maximum Gasteiger partial charge on any atom is 0.223 e. The molecule has 2 saturated heterocycles. The molecule has 3 aromatic rings. The molecule has 2 fully saturated rings. The van der Waals surface area contributed by atoms with E-state index in [1.165, 1.54) is 12.1 Å². The molecule has 37 heavy (non-hydrogen) atoms. The number of carbonyl (C=O) groups excluding carboxylic acids is 1. The van der Waals surface area contributed by atoms with Crippen LogP contribution in [0, 0.1) is 17.7 Å². The summed E-state index contributed by atoms with van der Waals surface area (Å²) in [6, 6.07) is 22.1. The van der Waals surface area contributed by atoms with Crippen molar-refractivity contribution in [3.05, 3.63) is 95.3 Å². The molecule has 0 aromatic heterocycles. The van der Waals surface area contributed by atoms with Gasteiger partial charge in [-0.3, -0.25) is 10.1 Å². The van der Waals surface area contributed by atoms with Gasteiger partial charge in [0.15, 0.2) is 0 Å². The summed E-state index contributed by atoms with van der Waals surface area (Å²) in [5, 5.41) is 6.81. The summed E-state index contributed by atoms with van der Waals surface area (Å²) >= 11 is 0. The second kappa shape index (κ2) is 11.3. The fraction of sp³-hybridized carbons (Fsp3) is 0.345. The third-order valence-corrected chi connectivity index (χ3v) is 7.28. The standard InChI is InChI=1S/C29H33FN4O3/c1-3-37-23-14-6-19(7-15-23)25-16-24(29(35)31-17-18-4-10-21(30)11-5-18)26-27(33-34-28(26)32-25)20-8-12-22(36-2)13-9-20/h4-15,24-28,32-34H,3,16-17H2,1-2H3,(H,31,35). The van der Waals surface area contributed by atoms with Crippen LogP contribution < -0.4 is 31.0 Å². The zero-order valence-electron chi connectivity index (χ0n) is 21.0. The van der Waals surface area contributed by atoms with Gasteiger partial charge in [-0.15, -0.1) is 0 Å². The minimum atomic E-state index is -0.292. The Morgan fingerprint density at radius 2 is 1.62 bits per heavy atom. The Bertz CT molecular complexity index is 1190. The molecule has 194 valence electrons. The van der Waals surface area contributed by atoms with Crippen molar-refractivity contribution in [2.75, 3.05) is 13.7 Å². The Kier molecular flexibility index (Phi) is 7.69. The van der Waals surface area contributed by atoms with E-state index in [1.807, 2.05) is 43.3 Å². The van der Waals surface area contributed by atoms with Crippen LogP contribution in [0.1, 0.15) is 42.1 Å². The van der Waals surface area contributed by atoms with E-state index in [9.17, 15) is 9.18 Å². The first-order chi connectivity index (χ1) is 18.1. The van der Waals surface area contributed by atoms with E-state index < -0.39 is 0 Å². The van der Waals surface area contributed by atoms with E-state index in [1.54, 1.807) is 19.2 Å². The quantitative estimate of drug-likeness (QED) is 0.371. The largest absolute Gasteiger partial charge is 0.497 e. The summed E-state index contributed by atoms with van der Waals surface area (Å²) in [6.45, 7) is 2.93. The van der Waals surface area contributed by atoms with E-state index in [4.69, 9.17) is 9.47 Å². The van der Waals surface area contributed by atoms with Crippen molar-refractivity contribution in [3.8, 4) is 11.5 Å². The average molecular weight is 505 g/mol. The Balaban J connectivity index is 1.38. The summed E-state index contributed by atoms with van der Waals surface area (Å²) < 4.78 is 24.2. The first-order valence-electron chi connectivity index (χ1n) is 12.7. The Morgan fingerprint density at radius 3 is 2.30 bits per heavy atom. The van der Waals surface area contributed by atoms with E-state index in [-0.39, 0.29) is 41.8 Å². The van der Waals surface area contributed by atoms with Crippen molar-refractivity contribution in [1.29, 1.82) is 0 Å². The van der Waals surface area contributed by atoms with Gasteiger partial charge in [-0.1, -0.05) is 36.4 Å². The smallest absolute Gasteiger partial charge is 0.223 e. The molecule has 0 radical (unpaired) electrons. The minimum Gasteiger partial charge on any atom is -0.497 e. The zero-order valence-corrected chi connectivity index (χ0v) is 21.0. The average Bonchev–Trinajstić information content (AvgIpc) is 3.37. The van der Waals surface area contributed by atoms with Crippen molar-refractivity contribution in [2.45, 2.75) is 38.1 Å². The molecule has 5 atom stereocenters. The van der Waals surface area contributed by atoms with Crippen LogP contribution in [0.25, 0.3) is 0 Å². The highest BCUT2D eigenvalue weighted by atomic mass is 19.1. The maximum atomic E-state index is 13.7. The van der Waals surface area contributed by atoms with Gasteiger partial charge in [0.25, 0.3) is 0 Å². The number of halogens is 1. The van der Waals surface area contributed by atoms with Crippen LogP contribution in [-0.4, -0.2) is 25.8 Å². The number of methoxy groups -OCH3 is 1. The molecule has 0 saturated carbocycles. The number of piperidine rings is 1. The first-order valence-corrected chi connectivity index (χ1v) is 12.7. The number of hydrazine groups is 1. The van der Waals surface area contributed by atoms with Gasteiger partial charge in [0.2, 0.25) is 5.91 Å². The molecule has 2 aliphatic rings. The number of ether oxygens (including phenoxy) is 2. The number of fused-ring (bicyclic) bond motifs is 1. The first kappa shape index (κ1) is 25.2. The van der Waals surface area contributed by atoms with Gasteiger partial charge >= 0.3 is 0 Å². The Hall–Kier alpha value is -3.46. The SMILES string of the molecule is CCOc1ccc(C2CC(C(=O)NCc3ccc(F)cc3)C3C(NNC3c3ccc(OC)cc3)N2)cc1. The molecular weight excluding hydrogens is 471 g/mol. The van der Waals surface area contributed by atoms with Crippen LogP contribution in [0.2, 0.25) is 0 Å². The molecule has 3 aromatic carbocycles. The van der Waals surface area contributed by atoms with Gasteiger partial charge < -0.3 is 14.8 Å². The third kappa shape index (κ3) is 5.61. The topological polar surface area (TPSA) is 83.7 Å². The normalized spacial score (nSPS) is 24.8. The van der Waals surface area contributed by atoms with Crippen LogP contribution in [0.4, 0.5) is 4.39 Å². The summed E-state index contributed by atoms with van der Waals surface area (Å²) in [4.78, 5) is 13.7. The van der Waals surface area contributed by atoms with E-state index >= 15 is 0 Å². The fourth-order valence-electron chi connectivity index (χ4n) is 5.39. The second-order valence-corrected chi connectivity index (χ2v) is 9.50. The van der Waals surface area contributed by atoms with Crippen LogP contribution in [-0.2, 0) is 11.3 Å². The lowest BCUT2D eigenvalue weighted by Gasteiger charge is -2.40. The van der Waals surface area contributed by atoms with E-state index in [0.29, 0.717) is 19.6 Å². The van der Waals surface area contributed by atoms with Crippen LogP contribution >= 0.6 is 0 Å². The van der Waals surface area contributed by atoms with Gasteiger partial charge in [-0.25, -0.2) is 15.2 Å². The molecule has 5 unspecified atom stereocenters. The number of nitrogens with one attached hydrogen (secondary N) is 4. The highest BCUT2D eigenvalue weighted by molar-refractivity contribution is 5.79. The van der Waals surface area contributed by atoms with Gasteiger partial charge in [0.1, 0.15) is 17.3 Å². The number of carbonyl (C=O) groups is 1. The molecule has 4 N–H and O–H groups in total. The van der Waals surface area contributed by atoms with Gasteiger partial charge in [-0.05, 0) is 66.4 Å². The molecule has 8 heteroatoms. The molecule has 7 nitrogen and oxygen atoms in total. The van der Waals surface area contributed by atoms with Gasteiger partial charge in [-0.2, -0.15) is 0 Å². The van der Waals surface area contributed by atoms with Crippen LogP contribution in [0.5, 0.6) is 11.5 Å². The fourth-order valence-corrected chi connectivity index (χ4v) is 5.39. The number of hydrogen-bond acceptors (Lipinski definition) is 6. The van der Waals surface area contributed by atoms with Crippen molar-refractivity contribution in [3.63, 3.8) is 0 Å². The van der Waals surface area contributed by atoms with Crippen molar-refractivity contribution < 1.29 is 18.7 Å². The number of amides is 1. The number of hydrogen-bond donors (Lipinski definition) is 4. The predicted octanol–water partition coefficient (Wildman–Crippen LogP) is 3.99. The Labute approximate surface area is 216 Å². The third-order valence-electron chi connectivity index (χ3n) is 7.28. The number of rotatable bonds is 8. The highest BCUT2D eigenvalue weighted by Gasteiger charge is 2.49. The lowest BCUT2D eigenvalue weighted by atomic mass is 9.74. The maximum absolute atomic E-state index is 13.7. The zero-order chi connectivity index (χ0) is 25.8. The predicted molar refractivity (Wildman–Crippen MR) is 139 cm³/mol. The molecular formula is C29H33FN4O3. The van der Waals surface area contributed by atoms with Crippen molar-refractivity contribution >= 4 is 5.91 Å². The van der Waals surface area contributed by atoms with Crippen LogP contribution in [0.3, 0.4) is 0 Å². The van der Waals surface area contributed by atoms with E-state index in [0.717, 1.165) is 28.2 Å². The minimum absolute atomic E-state index is 0.0117. The molecule has 0 spiro atoms. The van der Waals surface area contributed by atoms with Crippen LogP contribution in [0.15, 0.2) is 72.8 Å². The molecule has 2 heterocycles. The van der Waals surface area contributed by atoms with Crippen molar-refractivity contribution in [2.24, 2.45) is 11.8 Å². The molecule has 5 rings (SSSR count). The lowest BCUT2D eigenvalue weighted by Crippen LogP contribution is -2.54. The summed E-state index contributed by atoms with van der Waals surface area (Å²) in [5.74, 6) is 1.02. The summed E-state index contributed by atoms with van der Waals surface area (Å²) in [7, 11) is 1.65. The highest BCUT2D eigenvalue weighted by Crippen LogP contribution is 2.42. The summed E-state index contributed by atoms with van der Waals surface area (Å²) in [6.07, 6.45) is 0.527. The van der Waals surface area contributed by atoms with Gasteiger partial charge in [0.05, 0.1) is 25.9 Å². The van der Waals surface area contributed by atoms with Gasteiger partial charge in [0, 0.05) is 24.4 Å². The molecule has 1 amide bonds. The molecule has 0 bridgehead atoms. The molecule has 0 aliphatic carbocycles. The summed E-state index contributed by atoms with van der Waals surface area (Å²) in [5.41, 5.74) is 9.86. The van der Waals surface area contributed by atoms with E-state index in [2.05, 4.69) is 33.6 Å². The molecule has 2 aliphatic heterocycles. The second-order valence-electron chi connectivity index (χ2n) is 9.50.